The average molecular weight is 463 g/mol. The second-order valence-electron chi connectivity index (χ2n) is 8.63. The molecule has 0 aliphatic heterocycles. The highest BCUT2D eigenvalue weighted by Crippen LogP contribution is 2.36. The molecule has 1 fully saturated rings. The number of nitrogens with zero attached hydrogens (tertiary/aromatic N) is 4. The molecule has 2 aromatic heterocycles. The molecular weight excluding hydrogens is 436 g/mol. The molecule has 7 nitrogen and oxygen atoms in total. The number of methoxy groups -OCH3 is 1. The van der Waals surface area contributed by atoms with Crippen LogP contribution in [0, 0.1) is 0 Å². The van der Waals surface area contributed by atoms with Gasteiger partial charge in [0, 0.05) is 17.9 Å². The first-order chi connectivity index (χ1) is 16.1. The molecule has 0 atom stereocenters. The number of benzene rings is 2. The Morgan fingerprint density at radius 2 is 1.91 bits per heavy atom. The van der Waals surface area contributed by atoms with Crippen LogP contribution in [0.1, 0.15) is 70.9 Å². The van der Waals surface area contributed by atoms with Gasteiger partial charge in [-0.25, -0.2) is 4.79 Å². The molecule has 4 aromatic rings. The first kappa shape index (κ1) is 21.6. The van der Waals surface area contributed by atoms with Gasteiger partial charge in [-0.15, -0.1) is 0 Å². The van der Waals surface area contributed by atoms with E-state index in [2.05, 4.69) is 8.75 Å². The lowest BCUT2D eigenvalue weighted by Crippen LogP contribution is -2.13. The van der Waals surface area contributed by atoms with E-state index in [0.29, 0.717) is 18.9 Å². The van der Waals surface area contributed by atoms with Crippen LogP contribution in [0.15, 0.2) is 42.5 Å². The summed E-state index contributed by atoms with van der Waals surface area (Å²) in [7, 11) is 1.63. The summed E-state index contributed by atoms with van der Waals surface area (Å²) in [5.41, 5.74) is 5.72. The van der Waals surface area contributed by atoms with E-state index in [1.807, 2.05) is 42.5 Å². The third-order valence-electron chi connectivity index (χ3n) is 6.44. The van der Waals surface area contributed by atoms with E-state index < -0.39 is 5.97 Å². The maximum absolute atomic E-state index is 12.5. The molecule has 33 heavy (non-hydrogen) atoms. The van der Waals surface area contributed by atoms with Crippen LogP contribution < -0.4 is 4.74 Å². The third-order valence-corrected chi connectivity index (χ3v) is 7.00. The van der Waals surface area contributed by atoms with Crippen LogP contribution in [-0.4, -0.2) is 36.7 Å². The number of carbonyl (C=O) groups is 1. The van der Waals surface area contributed by atoms with Crippen LogP contribution in [0.3, 0.4) is 0 Å². The van der Waals surface area contributed by atoms with E-state index in [4.69, 9.17) is 9.84 Å². The fraction of sp³-hybridized carbons (Fsp3) is 0.360. The zero-order chi connectivity index (χ0) is 22.8. The van der Waals surface area contributed by atoms with Gasteiger partial charge in [0.15, 0.2) is 0 Å². The van der Waals surface area contributed by atoms with E-state index in [-0.39, 0.29) is 5.69 Å². The highest BCUT2D eigenvalue weighted by molar-refractivity contribution is 7.00. The largest absolute Gasteiger partial charge is 0.497 e. The number of carboxylic acid groups (broad SMARTS) is 1. The van der Waals surface area contributed by atoms with Gasteiger partial charge in [0.25, 0.3) is 0 Å². The first-order valence-electron chi connectivity index (χ1n) is 11.3. The number of hydrogen-bond acceptors (Lipinski definition) is 6. The maximum Gasteiger partial charge on any atom is 0.354 e. The van der Waals surface area contributed by atoms with Crippen LogP contribution in [-0.2, 0) is 13.0 Å². The Labute approximate surface area is 196 Å². The molecule has 2 aromatic carbocycles. The lowest BCUT2D eigenvalue weighted by molar-refractivity contribution is 0.0683. The van der Waals surface area contributed by atoms with Gasteiger partial charge < -0.3 is 9.84 Å². The minimum atomic E-state index is -0.946. The highest BCUT2D eigenvalue weighted by atomic mass is 32.1. The Hall–Kier alpha value is -3.26. The highest BCUT2D eigenvalue weighted by Gasteiger charge is 2.29. The topological polar surface area (TPSA) is 90.1 Å². The van der Waals surface area contributed by atoms with Crippen LogP contribution in [0.2, 0.25) is 0 Å². The van der Waals surface area contributed by atoms with E-state index >= 15 is 0 Å². The van der Waals surface area contributed by atoms with Gasteiger partial charge in [0.05, 0.1) is 31.1 Å². The van der Waals surface area contributed by atoms with Crippen molar-refractivity contribution in [3.63, 3.8) is 0 Å². The summed E-state index contributed by atoms with van der Waals surface area (Å²) in [5.74, 6) is 0.0939. The molecule has 1 saturated carbocycles. The van der Waals surface area contributed by atoms with Gasteiger partial charge >= 0.3 is 5.97 Å². The summed E-state index contributed by atoms with van der Waals surface area (Å²) in [5, 5.41) is 15.2. The Bertz CT molecular complexity index is 1290. The molecule has 5 rings (SSSR count). The van der Waals surface area contributed by atoms with E-state index in [1.165, 1.54) is 18.1 Å². The van der Waals surface area contributed by atoms with Gasteiger partial charge in [-0.2, -0.15) is 13.8 Å². The summed E-state index contributed by atoms with van der Waals surface area (Å²) in [6.45, 7) is 0.383. The van der Waals surface area contributed by atoms with Crippen molar-refractivity contribution in [3.05, 3.63) is 70.5 Å². The Balaban J connectivity index is 1.58. The minimum Gasteiger partial charge on any atom is -0.497 e. The first-order valence-corrected chi connectivity index (χ1v) is 12.0. The molecule has 1 aliphatic carbocycles. The van der Waals surface area contributed by atoms with Crippen molar-refractivity contribution < 1.29 is 14.6 Å². The van der Waals surface area contributed by atoms with Crippen molar-refractivity contribution in [2.24, 2.45) is 0 Å². The molecule has 2 heterocycles. The number of aromatic nitrogens is 4. The van der Waals surface area contributed by atoms with E-state index in [1.54, 1.807) is 11.8 Å². The molecule has 8 heteroatoms. The molecule has 0 saturated heterocycles. The molecule has 170 valence electrons. The van der Waals surface area contributed by atoms with Gasteiger partial charge in [0.1, 0.15) is 22.5 Å². The summed E-state index contributed by atoms with van der Waals surface area (Å²) in [4.78, 5) is 12.5. The molecule has 1 N–H and O–H groups in total. The minimum absolute atomic E-state index is 0.273. The average Bonchev–Trinajstić information content (AvgIpc) is 3.44. The zero-order valence-corrected chi connectivity index (χ0v) is 19.3. The number of fused-ring (bicyclic) bond motifs is 1. The standard InChI is InChI=1S/C25H26N4O3S/c1-32-19-9-5-6-17(12-19)15-29-24(25(30)31)20(23(26-29)18-7-3-2-4-8-18)13-16-10-11-21-22(14-16)28-33-27-21/h5-6,9-12,14,18H,2-4,7-8,13,15H2,1H3,(H,30,31). The Morgan fingerprint density at radius 3 is 2.70 bits per heavy atom. The van der Waals surface area contributed by atoms with Crippen LogP contribution in [0.4, 0.5) is 0 Å². The molecule has 0 radical (unpaired) electrons. The van der Waals surface area contributed by atoms with Crippen molar-refractivity contribution in [1.29, 1.82) is 0 Å². The predicted molar refractivity (Wildman–Crippen MR) is 127 cm³/mol. The summed E-state index contributed by atoms with van der Waals surface area (Å²) in [6.07, 6.45) is 6.17. The van der Waals surface area contributed by atoms with Gasteiger partial charge in [0.2, 0.25) is 0 Å². The normalized spacial score (nSPS) is 14.6. The van der Waals surface area contributed by atoms with Crippen molar-refractivity contribution in [1.82, 2.24) is 18.5 Å². The SMILES string of the molecule is COc1cccc(Cn2nc(C3CCCCC3)c(Cc3ccc4nsnc4c3)c2C(=O)O)c1. The summed E-state index contributed by atoms with van der Waals surface area (Å²) >= 11 is 1.19. The Morgan fingerprint density at radius 1 is 1.09 bits per heavy atom. The zero-order valence-electron chi connectivity index (χ0n) is 18.5. The lowest BCUT2D eigenvalue weighted by atomic mass is 9.84. The quantitative estimate of drug-likeness (QED) is 0.402. The van der Waals surface area contributed by atoms with Crippen LogP contribution in [0.5, 0.6) is 5.75 Å². The number of carboxylic acids is 1. The van der Waals surface area contributed by atoms with Gasteiger partial charge in [-0.3, -0.25) is 4.68 Å². The fourth-order valence-electron chi connectivity index (χ4n) is 4.84. The number of hydrogen-bond donors (Lipinski definition) is 1. The Kier molecular flexibility index (Phi) is 6.09. The molecular formula is C25H26N4O3S. The van der Waals surface area contributed by atoms with Crippen molar-refractivity contribution in [3.8, 4) is 5.75 Å². The van der Waals surface area contributed by atoms with Crippen molar-refractivity contribution in [2.75, 3.05) is 7.11 Å². The van der Waals surface area contributed by atoms with Crippen molar-refractivity contribution >= 4 is 28.7 Å². The van der Waals surface area contributed by atoms with Crippen LogP contribution in [0.25, 0.3) is 11.0 Å². The third kappa shape index (κ3) is 4.48. The molecule has 0 bridgehead atoms. The number of aromatic carboxylic acids is 1. The smallest absolute Gasteiger partial charge is 0.354 e. The second-order valence-corrected chi connectivity index (χ2v) is 9.15. The molecule has 0 unspecified atom stereocenters. The van der Waals surface area contributed by atoms with Crippen LogP contribution >= 0.6 is 11.7 Å². The number of rotatable bonds is 7. The van der Waals surface area contributed by atoms with Gasteiger partial charge in [-0.05, 0) is 48.2 Å². The van der Waals surface area contributed by atoms with E-state index in [0.717, 1.165) is 64.9 Å². The monoisotopic (exact) mass is 462 g/mol. The molecule has 1 aliphatic rings. The number of ether oxygens (including phenoxy) is 1. The maximum atomic E-state index is 12.5. The summed E-state index contributed by atoms with van der Waals surface area (Å²) < 4.78 is 15.6. The summed E-state index contributed by atoms with van der Waals surface area (Å²) in [6, 6.07) is 13.7. The predicted octanol–water partition coefficient (Wildman–Crippen LogP) is 5.28. The van der Waals surface area contributed by atoms with Crippen molar-refractivity contribution in [2.45, 2.75) is 51.0 Å². The van der Waals surface area contributed by atoms with Gasteiger partial charge in [-0.1, -0.05) is 37.5 Å². The van der Waals surface area contributed by atoms with E-state index in [9.17, 15) is 9.90 Å². The molecule has 0 spiro atoms. The molecule has 0 amide bonds. The lowest BCUT2D eigenvalue weighted by Gasteiger charge is -2.21. The fourth-order valence-corrected chi connectivity index (χ4v) is 5.35. The second kappa shape index (κ2) is 9.31.